The zero-order valence-corrected chi connectivity index (χ0v) is 15.0. The molecule has 3 rings (SSSR count). The van der Waals surface area contributed by atoms with Crippen LogP contribution in [0.4, 0.5) is 5.69 Å². The fourth-order valence-electron chi connectivity index (χ4n) is 2.37. The van der Waals surface area contributed by atoms with E-state index in [2.05, 4.69) is 28.7 Å². The predicted molar refractivity (Wildman–Crippen MR) is 103 cm³/mol. The van der Waals surface area contributed by atoms with E-state index in [1.807, 2.05) is 24.3 Å². The Morgan fingerprint density at radius 1 is 1.12 bits per heavy atom. The molecule has 0 fully saturated rings. The van der Waals surface area contributed by atoms with Crippen molar-refractivity contribution < 1.29 is 9.34 Å². The highest BCUT2D eigenvalue weighted by atomic mass is 127. The largest absolute Gasteiger partial charge is 0.456 e. The van der Waals surface area contributed by atoms with Gasteiger partial charge in [0.2, 0.25) is 0 Å². The van der Waals surface area contributed by atoms with E-state index in [9.17, 15) is 15.4 Å². The van der Waals surface area contributed by atoms with Gasteiger partial charge in [0.1, 0.15) is 11.5 Å². The lowest BCUT2D eigenvalue weighted by Gasteiger charge is -2.00. The summed E-state index contributed by atoms with van der Waals surface area (Å²) in [5, 5.41) is 20.5. The fourth-order valence-corrected chi connectivity index (χ4v) is 2.73. The summed E-state index contributed by atoms with van der Waals surface area (Å²) in [6, 6.07) is 19.5. The Morgan fingerprint density at radius 2 is 1.84 bits per heavy atom. The van der Waals surface area contributed by atoms with E-state index in [1.165, 1.54) is 6.07 Å². The molecular weight excluding hydrogens is 431 g/mol. The number of halogens is 1. The molecule has 0 aliphatic carbocycles. The van der Waals surface area contributed by atoms with E-state index in [4.69, 9.17) is 4.42 Å². The zero-order valence-electron chi connectivity index (χ0n) is 12.8. The van der Waals surface area contributed by atoms with Gasteiger partial charge in [-0.25, -0.2) is 0 Å². The maximum absolute atomic E-state index is 11.1. The molecule has 3 aromatic rings. The van der Waals surface area contributed by atoms with Crippen molar-refractivity contribution in [2.24, 2.45) is 0 Å². The van der Waals surface area contributed by atoms with Crippen LogP contribution < -0.4 is 0 Å². The number of furan rings is 1. The number of benzene rings is 2. The van der Waals surface area contributed by atoms with Crippen LogP contribution in [0.3, 0.4) is 0 Å². The van der Waals surface area contributed by atoms with Crippen molar-refractivity contribution in [2.75, 3.05) is 0 Å². The molecule has 5 nitrogen and oxygen atoms in total. The van der Waals surface area contributed by atoms with Crippen molar-refractivity contribution in [3.8, 4) is 17.4 Å². The SMILES string of the molecule is N#C/C(=C/c1ccc(-c2ccccc2[N+](=O)[O-])o1)c1ccc(I)cc1. The number of nitro benzene ring substituents is 1. The normalized spacial score (nSPS) is 11.1. The molecule has 0 spiro atoms. The van der Waals surface area contributed by atoms with Crippen molar-refractivity contribution in [3.63, 3.8) is 0 Å². The Balaban J connectivity index is 1.98. The molecular formula is C19H11IN2O3. The van der Waals surface area contributed by atoms with Gasteiger partial charge in [0.25, 0.3) is 5.69 Å². The summed E-state index contributed by atoms with van der Waals surface area (Å²) in [5.74, 6) is 0.849. The van der Waals surface area contributed by atoms with E-state index in [1.54, 1.807) is 36.4 Å². The molecule has 2 aromatic carbocycles. The average Bonchev–Trinajstić information content (AvgIpc) is 3.09. The molecule has 0 aliphatic heterocycles. The summed E-state index contributed by atoms with van der Waals surface area (Å²) in [7, 11) is 0. The number of hydrogen-bond donors (Lipinski definition) is 0. The van der Waals surface area contributed by atoms with E-state index in [-0.39, 0.29) is 5.69 Å². The number of nitrogens with zero attached hydrogens (tertiary/aromatic N) is 2. The zero-order chi connectivity index (χ0) is 17.8. The minimum atomic E-state index is -0.445. The summed E-state index contributed by atoms with van der Waals surface area (Å²) in [5.41, 5.74) is 1.62. The van der Waals surface area contributed by atoms with Gasteiger partial charge in [-0.15, -0.1) is 0 Å². The molecule has 0 saturated heterocycles. The molecule has 0 aliphatic rings. The maximum atomic E-state index is 11.1. The lowest BCUT2D eigenvalue weighted by Crippen LogP contribution is -1.90. The highest BCUT2D eigenvalue weighted by Gasteiger charge is 2.17. The van der Waals surface area contributed by atoms with Gasteiger partial charge in [0, 0.05) is 9.64 Å². The van der Waals surface area contributed by atoms with Gasteiger partial charge in [-0.2, -0.15) is 5.26 Å². The molecule has 1 heterocycles. The van der Waals surface area contributed by atoms with Gasteiger partial charge in [0.15, 0.2) is 0 Å². The number of nitro groups is 1. The second-order valence-electron chi connectivity index (χ2n) is 5.15. The number of nitriles is 1. The molecule has 0 N–H and O–H groups in total. The smallest absolute Gasteiger partial charge is 0.280 e. The highest BCUT2D eigenvalue weighted by molar-refractivity contribution is 14.1. The predicted octanol–water partition coefficient (Wildman–Crippen LogP) is 5.52. The Morgan fingerprint density at radius 3 is 2.52 bits per heavy atom. The second-order valence-corrected chi connectivity index (χ2v) is 6.40. The summed E-state index contributed by atoms with van der Waals surface area (Å²) >= 11 is 2.20. The summed E-state index contributed by atoms with van der Waals surface area (Å²) in [6.07, 6.45) is 1.63. The Hall–Kier alpha value is -2.92. The molecule has 0 bridgehead atoms. The summed E-state index contributed by atoms with van der Waals surface area (Å²) < 4.78 is 6.78. The topological polar surface area (TPSA) is 80.1 Å². The van der Waals surface area contributed by atoms with E-state index < -0.39 is 4.92 Å². The molecule has 1 aromatic heterocycles. The standard InChI is InChI=1S/C19H11IN2O3/c20-15-7-5-13(6-8-15)14(12-21)11-16-9-10-19(25-16)17-3-1-2-4-18(17)22(23)24/h1-11H/b14-11-. The average molecular weight is 442 g/mol. The van der Waals surface area contributed by atoms with Crippen molar-refractivity contribution in [3.05, 3.63) is 85.7 Å². The third-order valence-corrected chi connectivity index (χ3v) is 4.27. The molecule has 25 heavy (non-hydrogen) atoms. The molecule has 0 unspecified atom stereocenters. The molecule has 6 heteroatoms. The lowest BCUT2D eigenvalue weighted by molar-refractivity contribution is -0.384. The van der Waals surface area contributed by atoms with Gasteiger partial charge < -0.3 is 4.42 Å². The first-order valence-corrected chi connectivity index (χ1v) is 8.38. The first-order chi connectivity index (χ1) is 12.1. The van der Waals surface area contributed by atoms with Crippen LogP contribution >= 0.6 is 22.6 Å². The lowest BCUT2D eigenvalue weighted by atomic mass is 10.1. The van der Waals surface area contributed by atoms with Crippen LogP contribution in [0.5, 0.6) is 0 Å². The van der Waals surface area contributed by atoms with Crippen LogP contribution in [0, 0.1) is 25.0 Å². The quantitative estimate of drug-likeness (QED) is 0.231. The van der Waals surface area contributed by atoms with Gasteiger partial charge in [0.05, 0.1) is 22.1 Å². The molecule has 0 radical (unpaired) electrons. The second kappa shape index (κ2) is 7.32. The number of para-hydroxylation sites is 1. The van der Waals surface area contributed by atoms with Crippen molar-refractivity contribution in [2.45, 2.75) is 0 Å². The summed E-state index contributed by atoms with van der Waals surface area (Å²) in [4.78, 5) is 10.7. The van der Waals surface area contributed by atoms with Crippen LogP contribution in [-0.4, -0.2) is 4.92 Å². The first-order valence-electron chi connectivity index (χ1n) is 7.30. The van der Waals surface area contributed by atoms with Gasteiger partial charge >= 0.3 is 0 Å². The van der Waals surface area contributed by atoms with Gasteiger partial charge in [-0.05, 0) is 64.6 Å². The van der Waals surface area contributed by atoms with Gasteiger partial charge in [-0.1, -0.05) is 24.3 Å². The monoisotopic (exact) mass is 442 g/mol. The van der Waals surface area contributed by atoms with Crippen LogP contribution in [0.15, 0.2) is 65.1 Å². The Kier molecular flexibility index (Phi) is 4.95. The minimum Gasteiger partial charge on any atom is -0.456 e. The number of hydrogen-bond acceptors (Lipinski definition) is 4. The van der Waals surface area contributed by atoms with Crippen molar-refractivity contribution in [1.82, 2.24) is 0 Å². The third kappa shape index (κ3) is 3.78. The van der Waals surface area contributed by atoms with Crippen LogP contribution in [0.25, 0.3) is 23.0 Å². The molecule has 122 valence electrons. The third-order valence-electron chi connectivity index (χ3n) is 3.56. The first kappa shape index (κ1) is 16.9. The van der Waals surface area contributed by atoms with E-state index in [0.717, 1.165) is 9.13 Å². The van der Waals surface area contributed by atoms with Crippen molar-refractivity contribution in [1.29, 1.82) is 5.26 Å². The van der Waals surface area contributed by atoms with E-state index >= 15 is 0 Å². The highest BCUT2D eigenvalue weighted by Crippen LogP contribution is 2.31. The molecule has 0 amide bonds. The minimum absolute atomic E-state index is 0.0227. The van der Waals surface area contributed by atoms with Crippen LogP contribution in [0.1, 0.15) is 11.3 Å². The van der Waals surface area contributed by atoms with Gasteiger partial charge in [-0.3, -0.25) is 10.1 Å². The maximum Gasteiger partial charge on any atom is 0.280 e. The number of rotatable bonds is 4. The van der Waals surface area contributed by atoms with Crippen molar-refractivity contribution >= 4 is 39.9 Å². The Bertz CT molecular complexity index is 998. The van der Waals surface area contributed by atoms with Crippen LogP contribution in [0.2, 0.25) is 0 Å². The molecule has 0 saturated carbocycles. The Labute approximate surface area is 157 Å². The molecule has 0 atom stereocenters. The number of allylic oxidation sites excluding steroid dienone is 1. The van der Waals surface area contributed by atoms with E-state index in [0.29, 0.717) is 22.7 Å². The fraction of sp³-hybridized carbons (Fsp3) is 0. The van der Waals surface area contributed by atoms with Crippen LogP contribution in [-0.2, 0) is 0 Å². The summed E-state index contributed by atoms with van der Waals surface area (Å²) in [6.45, 7) is 0.